The lowest BCUT2D eigenvalue weighted by atomic mass is 9.94. The Morgan fingerprint density at radius 2 is 2.24 bits per heavy atom. The van der Waals surface area contributed by atoms with E-state index in [2.05, 4.69) is 34.1 Å². The van der Waals surface area contributed by atoms with E-state index in [1.54, 1.807) is 7.11 Å². The van der Waals surface area contributed by atoms with Crippen LogP contribution in [0, 0.1) is 0 Å². The number of methoxy groups -OCH3 is 1. The van der Waals surface area contributed by atoms with Crippen molar-refractivity contribution in [2.75, 3.05) is 20.2 Å². The molecule has 2 heterocycles. The molecule has 1 unspecified atom stereocenters. The number of aromatic nitrogens is 1. The largest absolute Gasteiger partial charge is 0.497 e. The van der Waals surface area contributed by atoms with E-state index in [1.807, 2.05) is 24.5 Å². The highest BCUT2D eigenvalue weighted by Crippen LogP contribution is 2.34. The molecule has 1 aromatic carbocycles. The van der Waals surface area contributed by atoms with Gasteiger partial charge in [0.05, 0.1) is 7.11 Å². The van der Waals surface area contributed by atoms with E-state index in [0.717, 1.165) is 18.7 Å². The fraction of sp³-hybridized carbons (Fsp3) is 0.389. The van der Waals surface area contributed by atoms with E-state index in [-0.39, 0.29) is 0 Å². The number of hydrogen-bond acceptors (Lipinski definition) is 3. The average molecular weight is 282 g/mol. The number of rotatable bonds is 6. The van der Waals surface area contributed by atoms with E-state index in [9.17, 15) is 0 Å². The van der Waals surface area contributed by atoms with Gasteiger partial charge in [-0.1, -0.05) is 18.2 Å². The molecule has 0 aliphatic carbocycles. The molecule has 2 aromatic rings. The molecule has 0 spiro atoms. The molecule has 1 aliphatic heterocycles. The van der Waals surface area contributed by atoms with Gasteiger partial charge < -0.3 is 4.74 Å². The zero-order chi connectivity index (χ0) is 14.5. The van der Waals surface area contributed by atoms with Crippen molar-refractivity contribution in [3.05, 3.63) is 59.9 Å². The third-order valence-corrected chi connectivity index (χ3v) is 4.24. The van der Waals surface area contributed by atoms with Gasteiger partial charge in [-0.15, -0.1) is 0 Å². The van der Waals surface area contributed by atoms with Gasteiger partial charge in [-0.3, -0.25) is 9.88 Å². The van der Waals surface area contributed by atoms with Gasteiger partial charge >= 0.3 is 0 Å². The van der Waals surface area contributed by atoms with Crippen molar-refractivity contribution in [3.63, 3.8) is 0 Å². The summed E-state index contributed by atoms with van der Waals surface area (Å²) in [5.41, 5.74) is 2.71. The number of likely N-dealkylation sites (tertiary alicyclic amines) is 1. The highest BCUT2D eigenvalue weighted by molar-refractivity contribution is 5.31. The van der Waals surface area contributed by atoms with Gasteiger partial charge in [0.15, 0.2) is 0 Å². The van der Waals surface area contributed by atoms with Crippen molar-refractivity contribution < 1.29 is 4.74 Å². The molecule has 0 saturated carbocycles. The summed E-state index contributed by atoms with van der Waals surface area (Å²) in [6.07, 6.45) is 7.34. The van der Waals surface area contributed by atoms with Crippen LogP contribution in [0.15, 0.2) is 48.8 Å². The van der Waals surface area contributed by atoms with Crippen molar-refractivity contribution in [2.45, 2.75) is 25.3 Å². The number of nitrogens with zero attached hydrogens (tertiary/aromatic N) is 2. The third-order valence-electron chi connectivity index (χ3n) is 4.24. The van der Waals surface area contributed by atoms with Crippen LogP contribution in [0.25, 0.3) is 0 Å². The monoisotopic (exact) mass is 282 g/mol. The van der Waals surface area contributed by atoms with Crippen LogP contribution in [-0.2, 0) is 6.42 Å². The second-order valence-electron chi connectivity index (χ2n) is 5.58. The average Bonchev–Trinajstić information content (AvgIpc) is 2.51. The number of benzene rings is 1. The lowest BCUT2D eigenvalue weighted by molar-refractivity contribution is 0.0894. The zero-order valence-corrected chi connectivity index (χ0v) is 12.5. The molecule has 3 heteroatoms. The lowest BCUT2D eigenvalue weighted by Crippen LogP contribution is -2.41. The molecule has 0 N–H and O–H groups in total. The predicted octanol–water partition coefficient (Wildman–Crippen LogP) is 3.47. The normalized spacial score (nSPS) is 18.2. The molecule has 1 aromatic heterocycles. The molecule has 1 saturated heterocycles. The summed E-state index contributed by atoms with van der Waals surface area (Å²) in [7, 11) is 1.73. The Morgan fingerprint density at radius 1 is 1.29 bits per heavy atom. The predicted molar refractivity (Wildman–Crippen MR) is 84.5 cm³/mol. The third kappa shape index (κ3) is 3.42. The van der Waals surface area contributed by atoms with E-state index < -0.39 is 0 Å². The van der Waals surface area contributed by atoms with Gasteiger partial charge in [-0.05, 0) is 55.1 Å². The summed E-state index contributed by atoms with van der Waals surface area (Å²) in [4.78, 5) is 6.73. The fourth-order valence-electron chi connectivity index (χ4n) is 2.97. The van der Waals surface area contributed by atoms with E-state index >= 15 is 0 Å². The number of pyridine rings is 1. The molecule has 110 valence electrons. The molecule has 0 radical (unpaired) electrons. The van der Waals surface area contributed by atoms with Crippen molar-refractivity contribution in [2.24, 2.45) is 0 Å². The fourth-order valence-corrected chi connectivity index (χ4v) is 2.97. The highest BCUT2D eigenvalue weighted by Gasteiger charge is 2.28. The number of ether oxygens (including phenoxy) is 1. The first-order valence-electron chi connectivity index (χ1n) is 7.64. The Morgan fingerprint density at radius 3 is 2.95 bits per heavy atom. The van der Waals surface area contributed by atoms with Gasteiger partial charge in [0.25, 0.3) is 0 Å². The van der Waals surface area contributed by atoms with Crippen LogP contribution < -0.4 is 4.74 Å². The molecule has 1 aliphatic rings. The Balaban J connectivity index is 1.52. The Hall–Kier alpha value is -1.87. The van der Waals surface area contributed by atoms with Crippen molar-refractivity contribution in [1.29, 1.82) is 0 Å². The molecular formula is C18H22N2O. The lowest BCUT2D eigenvalue weighted by Gasteiger charge is -2.41. The second kappa shape index (κ2) is 6.72. The van der Waals surface area contributed by atoms with Crippen molar-refractivity contribution in [3.8, 4) is 5.75 Å². The highest BCUT2D eigenvalue weighted by atomic mass is 16.5. The summed E-state index contributed by atoms with van der Waals surface area (Å²) < 4.78 is 5.32. The van der Waals surface area contributed by atoms with Crippen molar-refractivity contribution in [1.82, 2.24) is 9.88 Å². The second-order valence-corrected chi connectivity index (χ2v) is 5.58. The maximum Gasteiger partial charge on any atom is 0.119 e. The first kappa shape index (κ1) is 14.1. The van der Waals surface area contributed by atoms with Crippen LogP contribution in [0.5, 0.6) is 5.75 Å². The minimum Gasteiger partial charge on any atom is -0.497 e. The van der Waals surface area contributed by atoms with Gasteiger partial charge in [0, 0.05) is 25.0 Å². The van der Waals surface area contributed by atoms with Crippen LogP contribution >= 0.6 is 0 Å². The minimum absolute atomic E-state index is 0.564. The SMILES string of the molecule is COc1cccc(C2CCN2CCCc2cccnc2)c1. The molecule has 3 rings (SSSR count). The zero-order valence-electron chi connectivity index (χ0n) is 12.5. The Labute approximate surface area is 126 Å². The van der Waals surface area contributed by atoms with Crippen LogP contribution in [-0.4, -0.2) is 30.1 Å². The summed E-state index contributed by atoms with van der Waals surface area (Å²) >= 11 is 0. The topological polar surface area (TPSA) is 25.4 Å². The van der Waals surface area contributed by atoms with Gasteiger partial charge in [0.1, 0.15) is 5.75 Å². The molecule has 1 fully saturated rings. The summed E-state index contributed by atoms with van der Waals surface area (Å²) in [5, 5.41) is 0. The van der Waals surface area contributed by atoms with E-state index in [1.165, 1.54) is 30.5 Å². The Bertz CT molecular complexity index is 570. The standard InChI is InChI=1S/C18H22N2O/c1-21-17-8-2-7-16(13-17)18-9-12-20(18)11-4-6-15-5-3-10-19-14-15/h2-3,5,7-8,10,13-14,18H,4,6,9,11-12H2,1H3. The summed E-state index contributed by atoms with van der Waals surface area (Å²) in [5.74, 6) is 0.953. The summed E-state index contributed by atoms with van der Waals surface area (Å²) in [6.45, 7) is 2.35. The quantitative estimate of drug-likeness (QED) is 0.811. The van der Waals surface area contributed by atoms with Crippen LogP contribution in [0.3, 0.4) is 0 Å². The Kier molecular flexibility index (Phi) is 4.51. The number of aryl methyl sites for hydroxylation is 1. The molecule has 0 bridgehead atoms. The van der Waals surface area contributed by atoms with Crippen molar-refractivity contribution >= 4 is 0 Å². The molecule has 1 atom stereocenters. The maximum atomic E-state index is 5.32. The van der Waals surface area contributed by atoms with Crippen LogP contribution in [0.1, 0.15) is 30.0 Å². The molecule has 0 amide bonds. The van der Waals surface area contributed by atoms with Gasteiger partial charge in [-0.25, -0.2) is 0 Å². The van der Waals surface area contributed by atoms with E-state index in [0.29, 0.717) is 6.04 Å². The van der Waals surface area contributed by atoms with Gasteiger partial charge in [-0.2, -0.15) is 0 Å². The first-order valence-corrected chi connectivity index (χ1v) is 7.64. The van der Waals surface area contributed by atoms with Crippen LogP contribution in [0.2, 0.25) is 0 Å². The number of hydrogen-bond donors (Lipinski definition) is 0. The minimum atomic E-state index is 0.564. The van der Waals surface area contributed by atoms with E-state index in [4.69, 9.17) is 4.74 Å². The molecule has 3 nitrogen and oxygen atoms in total. The van der Waals surface area contributed by atoms with Gasteiger partial charge in [0.2, 0.25) is 0 Å². The van der Waals surface area contributed by atoms with Crippen LogP contribution in [0.4, 0.5) is 0 Å². The first-order chi connectivity index (χ1) is 10.4. The summed E-state index contributed by atoms with van der Waals surface area (Å²) in [6, 6.07) is 13.2. The molecular weight excluding hydrogens is 260 g/mol. The maximum absolute atomic E-state index is 5.32. The smallest absolute Gasteiger partial charge is 0.119 e. The molecule has 21 heavy (non-hydrogen) atoms.